The van der Waals surface area contributed by atoms with Crippen molar-refractivity contribution in [3.63, 3.8) is 0 Å². The van der Waals surface area contributed by atoms with Gasteiger partial charge < -0.3 is 0 Å². The molecule has 3 heteroatoms. The summed E-state index contributed by atoms with van der Waals surface area (Å²) in [5.41, 5.74) is 4.90. The van der Waals surface area contributed by atoms with Gasteiger partial charge in [0.15, 0.2) is 0 Å². The number of hydrogen-bond acceptors (Lipinski definition) is 2. The van der Waals surface area contributed by atoms with E-state index in [0.717, 1.165) is 12.0 Å². The van der Waals surface area contributed by atoms with Gasteiger partial charge in [-0.05, 0) is 42.9 Å². The Morgan fingerprint density at radius 2 is 1.74 bits per heavy atom. The van der Waals surface area contributed by atoms with Gasteiger partial charge in [-0.25, -0.2) is 0 Å². The minimum absolute atomic E-state index is 0.0985. The van der Waals surface area contributed by atoms with Crippen molar-refractivity contribution in [1.82, 2.24) is 4.90 Å². The van der Waals surface area contributed by atoms with Crippen LogP contribution in [0.3, 0.4) is 0 Å². The summed E-state index contributed by atoms with van der Waals surface area (Å²) in [6, 6.07) is 4.19. The van der Waals surface area contributed by atoms with Gasteiger partial charge in [-0.3, -0.25) is 14.5 Å². The zero-order valence-corrected chi connectivity index (χ0v) is 11.4. The van der Waals surface area contributed by atoms with Gasteiger partial charge in [-0.15, -0.1) is 0 Å². The fourth-order valence-electron chi connectivity index (χ4n) is 3.50. The molecule has 1 aliphatic carbocycles. The molecule has 0 saturated heterocycles. The fraction of sp³-hybridized carbons (Fsp3) is 0.375. The van der Waals surface area contributed by atoms with Crippen LogP contribution in [-0.2, 0) is 9.59 Å². The Morgan fingerprint density at radius 3 is 2.37 bits per heavy atom. The van der Waals surface area contributed by atoms with Gasteiger partial charge in [0.1, 0.15) is 0 Å². The number of imide groups is 1. The second kappa shape index (κ2) is 4.05. The summed E-state index contributed by atoms with van der Waals surface area (Å²) in [7, 11) is 0. The topological polar surface area (TPSA) is 37.4 Å². The van der Waals surface area contributed by atoms with Crippen LogP contribution in [0.2, 0.25) is 0 Å². The van der Waals surface area contributed by atoms with Crippen molar-refractivity contribution in [2.45, 2.75) is 39.2 Å². The first kappa shape index (κ1) is 12.2. The number of amides is 2. The predicted octanol–water partition coefficient (Wildman–Crippen LogP) is 2.78. The lowest BCUT2D eigenvalue weighted by Gasteiger charge is -2.23. The van der Waals surface area contributed by atoms with E-state index in [1.165, 1.54) is 33.7 Å². The van der Waals surface area contributed by atoms with Crippen molar-refractivity contribution in [2.24, 2.45) is 0 Å². The molecule has 0 saturated carbocycles. The van der Waals surface area contributed by atoms with E-state index < -0.39 is 0 Å². The third-order valence-corrected chi connectivity index (χ3v) is 4.15. The monoisotopic (exact) mass is 255 g/mol. The molecule has 0 fully saturated rings. The van der Waals surface area contributed by atoms with Crippen LogP contribution in [0.4, 0.5) is 0 Å². The van der Waals surface area contributed by atoms with E-state index in [2.05, 4.69) is 32.9 Å². The highest BCUT2D eigenvalue weighted by atomic mass is 16.2. The number of nitrogens with zero attached hydrogens (tertiary/aromatic N) is 1. The number of benzene rings is 1. The lowest BCUT2D eigenvalue weighted by Crippen LogP contribution is -2.33. The number of aryl methyl sites for hydroxylation is 2. The first-order valence-electron chi connectivity index (χ1n) is 6.65. The molecule has 1 aromatic rings. The lowest BCUT2D eigenvalue weighted by atomic mass is 9.96. The van der Waals surface area contributed by atoms with Gasteiger partial charge in [0.2, 0.25) is 0 Å². The Balaban J connectivity index is 2.10. The third-order valence-electron chi connectivity index (χ3n) is 4.15. The summed E-state index contributed by atoms with van der Waals surface area (Å²) in [6.45, 7) is 6.33. The van der Waals surface area contributed by atoms with Crippen LogP contribution >= 0.6 is 0 Å². The molecular weight excluding hydrogens is 238 g/mol. The number of carbonyl (C=O) groups excluding carboxylic acids is 2. The number of fused-ring (bicyclic) bond motifs is 1. The molecule has 0 N–H and O–H groups in total. The van der Waals surface area contributed by atoms with Crippen LogP contribution in [-0.4, -0.2) is 16.7 Å². The van der Waals surface area contributed by atoms with E-state index in [-0.39, 0.29) is 17.9 Å². The highest BCUT2D eigenvalue weighted by Gasteiger charge is 2.39. The van der Waals surface area contributed by atoms with E-state index in [9.17, 15) is 9.59 Å². The molecule has 2 aliphatic rings. The van der Waals surface area contributed by atoms with Crippen molar-refractivity contribution in [1.29, 1.82) is 0 Å². The Hall–Kier alpha value is -1.90. The van der Waals surface area contributed by atoms with Crippen LogP contribution in [0.25, 0.3) is 0 Å². The standard InChI is InChI=1S/C16H17NO2/c1-9-6-10(2)16-11(3)8-13(12(16)7-9)17-14(18)4-5-15(17)19/h4-7,11,13H,8H2,1-3H3/t11-,13-/m0/s1. The van der Waals surface area contributed by atoms with E-state index in [1.807, 2.05) is 0 Å². The van der Waals surface area contributed by atoms with Crippen LogP contribution < -0.4 is 0 Å². The highest BCUT2D eigenvalue weighted by molar-refractivity contribution is 6.13. The van der Waals surface area contributed by atoms with Crippen LogP contribution in [0.1, 0.15) is 47.6 Å². The molecule has 0 aromatic heterocycles. The molecule has 2 amide bonds. The van der Waals surface area contributed by atoms with Gasteiger partial charge in [0.25, 0.3) is 11.8 Å². The first-order chi connectivity index (χ1) is 8.99. The van der Waals surface area contributed by atoms with Gasteiger partial charge in [0.05, 0.1) is 6.04 Å². The first-order valence-corrected chi connectivity index (χ1v) is 6.65. The molecule has 3 rings (SSSR count). The zero-order valence-electron chi connectivity index (χ0n) is 11.4. The molecular formula is C16H17NO2. The van der Waals surface area contributed by atoms with Crippen molar-refractivity contribution in [2.75, 3.05) is 0 Å². The van der Waals surface area contributed by atoms with Crippen LogP contribution in [0, 0.1) is 13.8 Å². The molecule has 1 heterocycles. The second-order valence-corrected chi connectivity index (χ2v) is 5.62. The zero-order chi connectivity index (χ0) is 13.7. The van der Waals surface area contributed by atoms with Gasteiger partial charge >= 0.3 is 0 Å². The summed E-state index contributed by atoms with van der Waals surface area (Å²) >= 11 is 0. The number of hydrogen-bond donors (Lipinski definition) is 0. The normalized spacial score (nSPS) is 25.3. The lowest BCUT2D eigenvalue weighted by molar-refractivity contribution is -0.139. The number of carbonyl (C=O) groups is 2. The van der Waals surface area contributed by atoms with Gasteiger partial charge in [-0.1, -0.05) is 24.6 Å². The quantitative estimate of drug-likeness (QED) is 0.724. The summed E-state index contributed by atoms with van der Waals surface area (Å²) in [5.74, 6) is 0.0187. The van der Waals surface area contributed by atoms with Crippen LogP contribution in [0.15, 0.2) is 24.3 Å². The highest BCUT2D eigenvalue weighted by Crippen LogP contribution is 2.45. The summed E-state index contributed by atoms with van der Waals surface area (Å²) < 4.78 is 0. The van der Waals surface area contributed by atoms with Crippen molar-refractivity contribution in [3.05, 3.63) is 46.5 Å². The predicted molar refractivity (Wildman–Crippen MR) is 72.7 cm³/mol. The van der Waals surface area contributed by atoms with Crippen molar-refractivity contribution < 1.29 is 9.59 Å². The third kappa shape index (κ3) is 1.72. The van der Waals surface area contributed by atoms with Crippen molar-refractivity contribution in [3.8, 4) is 0 Å². The van der Waals surface area contributed by atoms with E-state index in [4.69, 9.17) is 0 Å². The molecule has 3 nitrogen and oxygen atoms in total. The molecule has 1 aliphatic heterocycles. The van der Waals surface area contributed by atoms with E-state index >= 15 is 0 Å². The second-order valence-electron chi connectivity index (χ2n) is 5.62. The summed E-state index contributed by atoms with van der Waals surface area (Å²) in [4.78, 5) is 25.2. The van der Waals surface area contributed by atoms with Gasteiger partial charge in [0, 0.05) is 12.2 Å². The van der Waals surface area contributed by atoms with E-state index in [1.54, 1.807) is 0 Å². The molecule has 2 atom stereocenters. The van der Waals surface area contributed by atoms with Crippen LogP contribution in [0.5, 0.6) is 0 Å². The Bertz CT molecular complexity index is 597. The minimum Gasteiger partial charge on any atom is -0.269 e. The van der Waals surface area contributed by atoms with Crippen molar-refractivity contribution >= 4 is 11.8 Å². The Labute approximate surface area is 112 Å². The minimum atomic E-state index is -0.186. The maximum Gasteiger partial charge on any atom is 0.254 e. The summed E-state index contributed by atoms with van der Waals surface area (Å²) in [5, 5.41) is 0. The fourth-order valence-corrected chi connectivity index (χ4v) is 3.50. The molecule has 0 unspecified atom stereocenters. The molecule has 98 valence electrons. The maximum absolute atomic E-state index is 11.9. The molecule has 0 bridgehead atoms. The largest absolute Gasteiger partial charge is 0.269 e. The smallest absolute Gasteiger partial charge is 0.254 e. The summed E-state index contributed by atoms with van der Waals surface area (Å²) in [6.07, 6.45) is 3.57. The average molecular weight is 255 g/mol. The molecule has 19 heavy (non-hydrogen) atoms. The van der Waals surface area contributed by atoms with Gasteiger partial charge in [-0.2, -0.15) is 0 Å². The average Bonchev–Trinajstić information content (AvgIpc) is 2.80. The van der Waals surface area contributed by atoms with E-state index in [0.29, 0.717) is 5.92 Å². The molecule has 1 aromatic carbocycles. The number of rotatable bonds is 1. The Morgan fingerprint density at radius 1 is 1.11 bits per heavy atom. The molecule has 0 radical (unpaired) electrons. The Kier molecular flexibility index (Phi) is 2.59. The SMILES string of the molecule is Cc1cc(C)c2c(c1)[C@@H](N1C(=O)C=CC1=O)C[C@@H]2C. The maximum atomic E-state index is 11.9. The molecule has 0 spiro atoms.